The van der Waals surface area contributed by atoms with Crippen molar-refractivity contribution in [2.75, 3.05) is 11.4 Å². The fourth-order valence-electron chi connectivity index (χ4n) is 4.67. The van der Waals surface area contributed by atoms with Crippen LogP contribution in [0.4, 0.5) is 5.69 Å². The number of nitrogens with zero attached hydrogens (tertiary/aromatic N) is 1. The summed E-state index contributed by atoms with van der Waals surface area (Å²) in [6.07, 6.45) is 0.513. The van der Waals surface area contributed by atoms with Crippen LogP contribution in [-0.2, 0) is 16.0 Å². The first-order valence-electron chi connectivity index (χ1n) is 11.1. The van der Waals surface area contributed by atoms with Gasteiger partial charge in [-0.1, -0.05) is 66.7 Å². The molecule has 170 valence electrons. The van der Waals surface area contributed by atoms with Gasteiger partial charge in [-0.25, -0.2) is 0 Å². The van der Waals surface area contributed by atoms with Crippen molar-refractivity contribution < 1.29 is 14.4 Å². The molecule has 3 amide bonds. The van der Waals surface area contributed by atoms with Crippen LogP contribution in [0.25, 0.3) is 10.9 Å². The van der Waals surface area contributed by atoms with Crippen molar-refractivity contribution in [2.24, 2.45) is 5.73 Å². The number of rotatable bonds is 5. The zero-order valence-electron chi connectivity index (χ0n) is 18.4. The minimum Gasteiger partial charge on any atom is -0.368 e. The van der Waals surface area contributed by atoms with Crippen molar-refractivity contribution in [3.63, 3.8) is 0 Å². The number of aromatic nitrogens is 1. The molecule has 34 heavy (non-hydrogen) atoms. The summed E-state index contributed by atoms with van der Waals surface area (Å²) in [6, 6.07) is 25.6. The standard InChI is InChI=1S/C27H24N4O3/c28-24(32)16-31-23-13-7-5-11-19(23)14-20(17-8-2-1-3-9-17)25(27(31)34)30-26(33)22-15-18-10-4-6-12-21(18)29-22/h1-13,15,20,25,29H,14,16H2,(H2,28,32)(H,30,33)/t20-,25+/m1/s1. The van der Waals surface area contributed by atoms with Crippen LogP contribution >= 0.6 is 0 Å². The summed E-state index contributed by atoms with van der Waals surface area (Å²) < 4.78 is 0. The first-order valence-corrected chi connectivity index (χ1v) is 11.1. The maximum absolute atomic E-state index is 13.9. The fraction of sp³-hybridized carbons (Fsp3) is 0.148. The van der Waals surface area contributed by atoms with Crippen molar-refractivity contribution in [3.05, 3.63) is 102 Å². The Morgan fingerprint density at radius 3 is 2.44 bits per heavy atom. The number of nitrogens with two attached hydrogens (primary N) is 1. The largest absolute Gasteiger partial charge is 0.368 e. The second kappa shape index (κ2) is 8.86. The van der Waals surface area contributed by atoms with Gasteiger partial charge < -0.3 is 20.9 Å². The smallest absolute Gasteiger partial charge is 0.268 e. The number of aromatic amines is 1. The van der Waals surface area contributed by atoms with Gasteiger partial charge in [-0.3, -0.25) is 14.4 Å². The SMILES string of the molecule is NC(=O)CN1C(=O)[C@@H](NC(=O)c2cc3ccccc3[nH]2)[C@@H](c2ccccc2)Cc2ccccc21. The summed E-state index contributed by atoms with van der Waals surface area (Å²) >= 11 is 0. The van der Waals surface area contributed by atoms with Gasteiger partial charge >= 0.3 is 0 Å². The van der Waals surface area contributed by atoms with Crippen molar-refractivity contribution >= 4 is 34.3 Å². The predicted molar refractivity (Wildman–Crippen MR) is 130 cm³/mol. The van der Waals surface area contributed by atoms with Crippen LogP contribution in [0.3, 0.4) is 0 Å². The zero-order valence-corrected chi connectivity index (χ0v) is 18.4. The number of primary amides is 1. The van der Waals surface area contributed by atoms with E-state index < -0.39 is 11.9 Å². The predicted octanol–water partition coefficient (Wildman–Crippen LogP) is 3.12. The van der Waals surface area contributed by atoms with E-state index in [4.69, 9.17) is 5.73 Å². The van der Waals surface area contributed by atoms with Gasteiger partial charge in [0.25, 0.3) is 11.8 Å². The molecule has 4 N–H and O–H groups in total. The van der Waals surface area contributed by atoms with E-state index in [2.05, 4.69) is 10.3 Å². The van der Waals surface area contributed by atoms with E-state index in [1.165, 1.54) is 4.90 Å². The number of anilines is 1. The Morgan fingerprint density at radius 1 is 0.971 bits per heavy atom. The Kier molecular flexibility index (Phi) is 5.59. The quantitative estimate of drug-likeness (QED) is 0.433. The fourth-order valence-corrected chi connectivity index (χ4v) is 4.67. The molecule has 2 heterocycles. The molecular formula is C27H24N4O3. The van der Waals surface area contributed by atoms with Crippen LogP contribution in [0, 0.1) is 0 Å². The zero-order chi connectivity index (χ0) is 23.7. The molecule has 5 rings (SSSR count). The van der Waals surface area contributed by atoms with Crippen molar-refractivity contribution in [1.82, 2.24) is 10.3 Å². The van der Waals surface area contributed by atoms with Gasteiger partial charge in [-0.05, 0) is 35.7 Å². The van der Waals surface area contributed by atoms with Crippen LogP contribution in [0.1, 0.15) is 27.5 Å². The van der Waals surface area contributed by atoms with E-state index >= 15 is 0 Å². The molecule has 0 fully saturated rings. The molecule has 0 spiro atoms. The van der Waals surface area contributed by atoms with Gasteiger partial charge in [-0.2, -0.15) is 0 Å². The Labute approximate surface area is 196 Å². The first-order chi connectivity index (χ1) is 16.5. The molecule has 0 radical (unpaired) electrons. The number of H-pyrrole nitrogens is 1. The van der Waals surface area contributed by atoms with Crippen molar-refractivity contribution in [1.29, 1.82) is 0 Å². The lowest BCUT2D eigenvalue weighted by Gasteiger charge is -2.28. The second-order valence-corrected chi connectivity index (χ2v) is 8.46. The highest BCUT2D eigenvalue weighted by molar-refractivity contribution is 6.06. The van der Waals surface area contributed by atoms with Crippen LogP contribution in [0.5, 0.6) is 0 Å². The molecule has 0 saturated heterocycles. The number of carbonyl (C=O) groups is 3. The van der Waals surface area contributed by atoms with E-state index in [0.29, 0.717) is 17.8 Å². The third kappa shape index (κ3) is 4.03. The topological polar surface area (TPSA) is 108 Å². The van der Waals surface area contributed by atoms with E-state index in [0.717, 1.165) is 22.0 Å². The third-order valence-electron chi connectivity index (χ3n) is 6.26. The van der Waals surface area contributed by atoms with Crippen molar-refractivity contribution in [2.45, 2.75) is 18.4 Å². The van der Waals surface area contributed by atoms with Gasteiger partial charge in [0, 0.05) is 22.5 Å². The lowest BCUT2D eigenvalue weighted by molar-refractivity contribution is -0.123. The maximum atomic E-state index is 13.9. The van der Waals surface area contributed by atoms with Gasteiger partial charge in [0.15, 0.2) is 0 Å². The lowest BCUT2D eigenvalue weighted by atomic mass is 9.86. The normalized spacial score (nSPS) is 17.8. The van der Waals surface area contributed by atoms with Crippen LogP contribution in [-0.4, -0.2) is 35.3 Å². The number of benzene rings is 3. The summed E-state index contributed by atoms with van der Waals surface area (Å²) in [5.41, 5.74) is 9.16. The summed E-state index contributed by atoms with van der Waals surface area (Å²) in [6.45, 7) is -0.268. The Balaban J connectivity index is 1.57. The van der Waals surface area contributed by atoms with Crippen LogP contribution < -0.4 is 16.0 Å². The molecule has 0 aliphatic carbocycles. The first kappa shape index (κ1) is 21.5. The van der Waals surface area contributed by atoms with Gasteiger partial charge in [0.1, 0.15) is 18.3 Å². The average Bonchev–Trinajstić information content (AvgIpc) is 3.25. The molecule has 1 aromatic heterocycles. The molecular weight excluding hydrogens is 428 g/mol. The maximum Gasteiger partial charge on any atom is 0.268 e. The highest BCUT2D eigenvalue weighted by Gasteiger charge is 2.39. The molecule has 0 unspecified atom stereocenters. The number of para-hydroxylation sites is 2. The molecule has 1 aliphatic rings. The summed E-state index contributed by atoms with van der Waals surface area (Å²) in [4.78, 5) is 43.6. The number of carbonyl (C=O) groups excluding carboxylic acids is 3. The molecule has 2 atom stereocenters. The lowest BCUT2D eigenvalue weighted by Crippen LogP contribution is -2.52. The highest BCUT2D eigenvalue weighted by atomic mass is 16.2. The molecule has 3 aromatic carbocycles. The molecule has 0 bridgehead atoms. The molecule has 0 saturated carbocycles. The summed E-state index contributed by atoms with van der Waals surface area (Å²) in [5.74, 6) is -1.72. The number of nitrogens with one attached hydrogen (secondary N) is 2. The molecule has 4 aromatic rings. The minimum atomic E-state index is -0.895. The summed E-state index contributed by atoms with van der Waals surface area (Å²) in [5, 5.41) is 3.86. The Bertz CT molecular complexity index is 1350. The van der Waals surface area contributed by atoms with E-state index in [-0.39, 0.29) is 24.3 Å². The van der Waals surface area contributed by atoms with Gasteiger partial charge in [0.2, 0.25) is 5.91 Å². The Morgan fingerprint density at radius 2 is 1.68 bits per heavy atom. The molecule has 1 aliphatic heterocycles. The minimum absolute atomic E-state index is 0.268. The van der Waals surface area contributed by atoms with Gasteiger partial charge in [-0.15, -0.1) is 0 Å². The van der Waals surface area contributed by atoms with E-state index in [9.17, 15) is 14.4 Å². The number of amides is 3. The molecule has 7 nitrogen and oxygen atoms in total. The van der Waals surface area contributed by atoms with Crippen LogP contribution in [0.2, 0.25) is 0 Å². The highest BCUT2D eigenvalue weighted by Crippen LogP contribution is 2.35. The van der Waals surface area contributed by atoms with Crippen molar-refractivity contribution in [3.8, 4) is 0 Å². The monoisotopic (exact) mass is 452 g/mol. The summed E-state index contributed by atoms with van der Waals surface area (Å²) in [7, 11) is 0. The average molecular weight is 453 g/mol. The van der Waals surface area contributed by atoms with Crippen LogP contribution in [0.15, 0.2) is 84.9 Å². The second-order valence-electron chi connectivity index (χ2n) is 8.46. The number of hydrogen-bond acceptors (Lipinski definition) is 3. The number of hydrogen-bond donors (Lipinski definition) is 3. The van der Waals surface area contributed by atoms with E-state index in [1.54, 1.807) is 12.1 Å². The van der Waals surface area contributed by atoms with E-state index in [1.807, 2.05) is 72.8 Å². The number of fused-ring (bicyclic) bond motifs is 2. The van der Waals surface area contributed by atoms with Gasteiger partial charge in [0.05, 0.1) is 0 Å². The third-order valence-corrected chi connectivity index (χ3v) is 6.26. The molecule has 7 heteroatoms. The Hall–Kier alpha value is -4.39.